The monoisotopic (exact) mass is 190 g/mol. The molecule has 0 aliphatic carbocycles. The third-order valence-electron chi connectivity index (χ3n) is 1.71. The highest BCUT2D eigenvalue weighted by Gasteiger charge is 1.95. The van der Waals surface area contributed by atoms with Crippen LogP contribution in [0.15, 0.2) is 35.4 Å². The Bertz CT molecular complexity index is 330. The van der Waals surface area contributed by atoms with E-state index in [4.69, 9.17) is 0 Å². The van der Waals surface area contributed by atoms with Gasteiger partial charge in [0.1, 0.15) is 0 Å². The molecule has 0 radical (unpaired) electrons. The molecule has 0 heterocycles. The Balaban J connectivity index is 2.53. The molecule has 0 spiro atoms. The topological polar surface area (TPSA) is 41.5 Å². The van der Waals surface area contributed by atoms with Gasteiger partial charge in [0, 0.05) is 19.1 Å². The molecule has 1 amide bonds. The molecule has 0 fully saturated rings. The highest BCUT2D eigenvalue weighted by atomic mass is 16.2. The largest absolute Gasteiger partial charge is 0.274 e. The van der Waals surface area contributed by atoms with Crippen molar-refractivity contribution in [2.24, 2.45) is 5.10 Å². The zero-order chi connectivity index (χ0) is 10.4. The second-order valence-corrected chi connectivity index (χ2v) is 3.18. The van der Waals surface area contributed by atoms with Gasteiger partial charge in [-0.15, -0.1) is 0 Å². The van der Waals surface area contributed by atoms with Crippen LogP contribution in [-0.4, -0.2) is 11.6 Å². The summed E-state index contributed by atoms with van der Waals surface area (Å²) in [5, 5.41) is 3.94. The Morgan fingerprint density at radius 2 is 1.93 bits per heavy atom. The molecule has 0 unspecified atom stereocenters. The van der Waals surface area contributed by atoms with E-state index >= 15 is 0 Å². The van der Waals surface area contributed by atoms with Crippen molar-refractivity contribution in [3.63, 3.8) is 0 Å². The lowest BCUT2D eigenvalue weighted by atomic mass is 10.1. The summed E-state index contributed by atoms with van der Waals surface area (Å²) in [4.78, 5) is 10.6. The van der Waals surface area contributed by atoms with E-state index in [1.807, 2.05) is 37.3 Å². The molecule has 1 aromatic carbocycles. The van der Waals surface area contributed by atoms with E-state index in [1.165, 1.54) is 12.5 Å². The van der Waals surface area contributed by atoms with Gasteiger partial charge in [0.2, 0.25) is 5.91 Å². The van der Waals surface area contributed by atoms with Crippen LogP contribution in [0.2, 0.25) is 0 Å². The maximum Gasteiger partial charge on any atom is 0.236 e. The average Bonchev–Trinajstić information content (AvgIpc) is 2.16. The molecule has 0 bridgehead atoms. The van der Waals surface area contributed by atoms with Crippen LogP contribution in [0.1, 0.15) is 19.4 Å². The molecule has 1 rings (SSSR count). The molecule has 1 N–H and O–H groups in total. The van der Waals surface area contributed by atoms with E-state index in [2.05, 4.69) is 10.5 Å². The predicted octanol–water partition coefficient (Wildman–Crippen LogP) is 1.74. The van der Waals surface area contributed by atoms with Crippen LogP contribution in [-0.2, 0) is 11.2 Å². The number of hydrogen-bond acceptors (Lipinski definition) is 2. The second kappa shape index (κ2) is 5.17. The molecule has 0 aliphatic heterocycles. The molecular formula is C11H14N2O. The molecule has 0 saturated heterocycles. The molecule has 3 heteroatoms. The van der Waals surface area contributed by atoms with Gasteiger partial charge in [-0.2, -0.15) is 5.10 Å². The standard InChI is InChI=1S/C11H14N2O/c1-9(12-13-10(2)14)8-11-6-4-3-5-7-11/h3-7H,8H2,1-2H3,(H,13,14). The number of benzene rings is 1. The molecular weight excluding hydrogens is 176 g/mol. The van der Waals surface area contributed by atoms with E-state index < -0.39 is 0 Å². The van der Waals surface area contributed by atoms with E-state index in [1.54, 1.807) is 0 Å². The maximum atomic E-state index is 10.6. The summed E-state index contributed by atoms with van der Waals surface area (Å²) in [6.45, 7) is 3.34. The van der Waals surface area contributed by atoms with Crippen LogP contribution >= 0.6 is 0 Å². The molecule has 0 aromatic heterocycles. The van der Waals surface area contributed by atoms with Gasteiger partial charge in [-0.1, -0.05) is 30.3 Å². The number of carbonyl (C=O) groups is 1. The van der Waals surface area contributed by atoms with Gasteiger partial charge in [0.25, 0.3) is 0 Å². The molecule has 0 saturated carbocycles. The summed E-state index contributed by atoms with van der Waals surface area (Å²) in [6.07, 6.45) is 0.765. The first kappa shape index (κ1) is 10.4. The van der Waals surface area contributed by atoms with Gasteiger partial charge in [0.15, 0.2) is 0 Å². The quantitative estimate of drug-likeness (QED) is 0.572. The second-order valence-electron chi connectivity index (χ2n) is 3.18. The van der Waals surface area contributed by atoms with Crippen molar-refractivity contribution in [3.05, 3.63) is 35.9 Å². The predicted molar refractivity (Wildman–Crippen MR) is 57.1 cm³/mol. The number of nitrogens with zero attached hydrogens (tertiary/aromatic N) is 1. The van der Waals surface area contributed by atoms with Gasteiger partial charge >= 0.3 is 0 Å². The van der Waals surface area contributed by atoms with Gasteiger partial charge < -0.3 is 0 Å². The highest BCUT2D eigenvalue weighted by molar-refractivity contribution is 5.85. The van der Waals surface area contributed by atoms with Crippen LogP contribution in [0.25, 0.3) is 0 Å². The number of nitrogens with one attached hydrogen (secondary N) is 1. The number of hydrazone groups is 1. The summed E-state index contributed by atoms with van der Waals surface area (Å²) >= 11 is 0. The molecule has 14 heavy (non-hydrogen) atoms. The Morgan fingerprint density at radius 3 is 2.50 bits per heavy atom. The Hall–Kier alpha value is -1.64. The van der Waals surface area contributed by atoms with Gasteiger partial charge in [-0.25, -0.2) is 5.43 Å². The summed E-state index contributed by atoms with van der Waals surface area (Å²) in [7, 11) is 0. The first-order chi connectivity index (χ1) is 6.68. The lowest BCUT2D eigenvalue weighted by Crippen LogP contribution is -2.15. The Labute approximate surface area is 83.8 Å². The van der Waals surface area contributed by atoms with Crippen molar-refractivity contribution in [2.75, 3.05) is 0 Å². The Morgan fingerprint density at radius 1 is 1.29 bits per heavy atom. The van der Waals surface area contributed by atoms with Crippen molar-refractivity contribution < 1.29 is 4.79 Å². The van der Waals surface area contributed by atoms with Crippen LogP contribution in [0.4, 0.5) is 0 Å². The first-order valence-electron chi connectivity index (χ1n) is 4.52. The smallest absolute Gasteiger partial charge is 0.236 e. The lowest BCUT2D eigenvalue weighted by Gasteiger charge is -2.00. The van der Waals surface area contributed by atoms with Crippen LogP contribution in [0, 0.1) is 0 Å². The number of carbonyl (C=O) groups excluding carboxylic acids is 1. The first-order valence-corrected chi connectivity index (χ1v) is 4.52. The van der Waals surface area contributed by atoms with Crippen molar-refractivity contribution in [2.45, 2.75) is 20.3 Å². The number of amides is 1. The summed E-state index contributed by atoms with van der Waals surface area (Å²) in [6, 6.07) is 10.0. The van der Waals surface area contributed by atoms with Gasteiger partial charge in [-0.3, -0.25) is 4.79 Å². The average molecular weight is 190 g/mol. The van der Waals surface area contributed by atoms with Crippen LogP contribution in [0.5, 0.6) is 0 Å². The molecule has 1 aromatic rings. The molecule has 3 nitrogen and oxygen atoms in total. The third kappa shape index (κ3) is 3.85. The molecule has 0 atom stereocenters. The Kier molecular flexibility index (Phi) is 3.85. The minimum atomic E-state index is -0.141. The number of rotatable bonds is 3. The molecule has 0 aliphatic rings. The zero-order valence-corrected chi connectivity index (χ0v) is 8.45. The fourth-order valence-electron chi connectivity index (χ4n) is 1.10. The fraction of sp³-hybridized carbons (Fsp3) is 0.273. The minimum absolute atomic E-state index is 0.141. The number of hydrogen-bond donors (Lipinski definition) is 1. The van der Waals surface area contributed by atoms with Gasteiger partial charge in [-0.05, 0) is 12.5 Å². The maximum absolute atomic E-state index is 10.6. The van der Waals surface area contributed by atoms with E-state index in [-0.39, 0.29) is 5.91 Å². The highest BCUT2D eigenvalue weighted by Crippen LogP contribution is 2.00. The summed E-state index contributed by atoms with van der Waals surface area (Å²) in [5.41, 5.74) is 4.50. The zero-order valence-electron chi connectivity index (χ0n) is 8.45. The van der Waals surface area contributed by atoms with Crippen LogP contribution < -0.4 is 5.43 Å². The fourth-order valence-corrected chi connectivity index (χ4v) is 1.10. The van der Waals surface area contributed by atoms with E-state index in [0.717, 1.165) is 12.1 Å². The van der Waals surface area contributed by atoms with E-state index in [0.29, 0.717) is 0 Å². The van der Waals surface area contributed by atoms with Gasteiger partial charge in [0.05, 0.1) is 0 Å². The van der Waals surface area contributed by atoms with Crippen molar-refractivity contribution in [1.29, 1.82) is 0 Å². The summed E-state index contributed by atoms with van der Waals surface area (Å²) < 4.78 is 0. The minimum Gasteiger partial charge on any atom is -0.274 e. The van der Waals surface area contributed by atoms with Crippen LogP contribution in [0.3, 0.4) is 0 Å². The van der Waals surface area contributed by atoms with Crippen molar-refractivity contribution >= 4 is 11.6 Å². The van der Waals surface area contributed by atoms with Crippen molar-refractivity contribution in [3.8, 4) is 0 Å². The molecule has 74 valence electrons. The lowest BCUT2D eigenvalue weighted by molar-refractivity contribution is -0.118. The SMILES string of the molecule is CC(=O)NN=C(C)Cc1ccccc1. The van der Waals surface area contributed by atoms with E-state index in [9.17, 15) is 4.79 Å². The normalized spacial score (nSPS) is 11.1. The van der Waals surface area contributed by atoms with Crippen molar-refractivity contribution in [1.82, 2.24) is 5.43 Å². The summed E-state index contributed by atoms with van der Waals surface area (Å²) in [5.74, 6) is -0.141. The third-order valence-corrected chi connectivity index (χ3v) is 1.71.